The zero-order valence-corrected chi connectivity index (χ0v) is 11.6. The minimum atomic E-state index is -3.34. The lowest BCUT2D eigenvalue weighted by Gasteiger charge is -2.01. The predicted molar refractivity (Wildman–Crippen MR) is 69.6 cm³/mol. The normalized spacial score (nSPS) is 12.1. The molecule has 0 atom stereocenters. The molecule has 0 aromatic carbocycles. The molecule has 0 unspecified atom stereocenters. The molecule has 18 heavy (non-hydrogen) atoms. The van der Waals surface area contributed by atoms with Crippen molar-refractivity contribution in [1.82, 2.24) is 14.6 Å². The topological polar surface area (TPSA) is 64.3 Å². The molecule has 0 radical (unpaired) electrons. The summed E-state index contributed by atoms with van der Waals surface area (Å²) >= 11 is 5.91. The summed E-state index contributed by atoms with van der Waals surface area (Å²) in [6.07, 6.45) is 5.32. The van der Waals surface area contributed by atoms with Crippen molar-refractivity contribution in [1.29, 1.82) is 0 Å². The SMILES string of the molecule is CCCCCS(=O)(=O)c1cnn2c(Cl)ccnc12. The van der Waals surface area contributed by atoms with E-state index < -0.39 is 9.84 Å². The smallest absolute Gasteiger partial charge is 0.183 e. The molecule has 7 heteroatoms. The summed E-state index contributed by atoms with van der Waals surface area (Å²) in [4.78, 5) is 4.19. The fourth-order valence-corrected chi connectivity index (χ4v) is 3.32. The Morgan fingerprint density at radius 2 is 2.17 bits per heavy atom. The van der Waals surface area contributed by atoms with Crippen LogP contribution in [-0.4, -0.2) is 28.8 Å². The maximum absolute atomic E-state index is 12.2. The number of sulfone groups is 1. The van der Waals surface area contributed by atoms with Gasteiger partial charge in [0.2, 0.25) is 0 Å². The molecule has 0 saturated carbocycles. The summed E-state index contributed by atoms with van der Waals surface area (Å²) in [5.74, 6) is 0.121. The van der Waals surface area contributed by atoms with Crippen LogP contribution in [0.4, 0.5) is 0 Å². The molecule has 0 bridgehead atoms. The van der Waals surface area contributed by atoms with Gasteiger partial charge in [-0.3, -0.25) is 0 Å². The molecular formula is C11H14ClN3O2S. The highest BCUT2D eigenvalue weighted by Gasteiger charge is 2.21. The van der Waals surface area contributed by atoms with Gasteiger partial charge in [-0.25, -0.2) is 17.9 Å². The lowest BCUT2D eigenvalue weighted by atomic mass is 10.3. The van der Waals surface area contributed by atoms with Gasteiger partial charge in [0, 0.05) is 6.20 Å². The molecule has 0 amide bonds. The zero-order chi connectivity index (χ0) is 13.2. The Hall–Kier alpha value is -1.14. The third kappa shape index (κ3) is 2.49. The Bertz CT molecular complexity index is 651. The van der Waals surface area contributed by atoms with E-state index in [0.29, 0.717) is 17.2 Å². The molecule has 0 saturated heterocycles. The first-order valence-electron chi connectivity index (χ1n) is 5.77. The molecule has 2 aromatic rings. The van der Waals surface area contributed by atoms with Crippen LogP contribution < -0.4 is 0 Å². The highest BCUT2D eigenvalue weighted by Crippen LogP contribution is 2.20. The van der Waals surface area contributed by atoms with Crippen molar-refractivity contribution in [3.05, 3.63) is 23.6 Å². The van der Waals surface area contributed by atoms with Crippen molar-refractivity contribution in [2.24, 2.45) is 0 Å². The van der Waals surface area contributed by atoms with E-state index in [1.807, 2.05) is 6.92 Å². The summed E-state index contributed by atoms with van der Waals surface area (Å²) in [7, 11) is -3.34. The van der Waals surface area contributed by atoms with Crippen LogP contribution in [0.1, 0.15) is 26.2 Å². The van der Waals surface area contributed by atoms with Crippen LogP contribution in [0.3, 0.4) is 0 Å². The number of halogens is 1. The highest BCUT2D eigenvalue weighted by molar-refractivity contribution is 7.91. The minimum Gasteiger partial charge on any atom is -0.236 e. The molecular weight excluding hydrogens is 274 g/mol. The van der Waals surface area contributed by atoms with Crippen molar-refractivity contribution in [3.8, 4) is 0 Å². The van der Waals surface area contributed by atoms with Crippen molar-refractivity contribution in [3.63, 3.8) is 0 Å². The first-order chi connectivity index (χ1) is 8.56. The second-order valence-corrected chi connectivity index (χ2v) is 6.50. The second-order valence-electron chi connectivity index (χ2n) is 4.04. The maximum atomic E-state index is 12.2. The molecule has 0 aliphatic carbocycles. The summed E-state index contributed by atoms with van der Waals surface area (Å²) < 4.78 is 25.6. The highest BCUT2D eigenvalue weighted by atomic mass is 35.5. The van der Waals surface area contributed by atoms with Crippen molar-refractivity contribution in [2.75, 3.05) is 5.75 Å². The number of hydrogen-bond donors (Lipinski definition) is 0. The predicted octanol–water partition coefficient (Wildman–Crippen LogP) is 2.35. The summed E-state index contributed by atoms with van der Waals surface area (Å²) in [6, 6.07) is 1.56. The number of rotatable bonds is 5. The zero-order valence-electron chi connectivity index (χ0n) is 10.0. The molecule has 0 aliphatic heterocycles. The summed E-state index contributed by atoms with van der Waals surface area (Å²) in [5, 5.41) is 4.30. The molecule has 0 spiro atoms. The van der Waals surface area contributed by atoms with Crippen molar-refractivity contribution in [2.45, 2.75) is 31.1 Å². The van der Waals surface area contributed by atoms with E-state index in [9.17, 15) is 8.42 Å². The molecule has 0 aliphatic rings. The number of unbranched alkanes of at least 4 members (excludes halogenated alkanes) is 2. The van der Waals surface area contributed by atoms with Crippen molar-refractivity contribution >= 4 is 27.1 Å². The minimum absolute atomic E-state index is 0.121. The summed E-state index contributed by atoms with van der Waals surface area (Å²) in [5.41, 5.74) is 0.291. The van der Waals surface area contributed by atoms with Gasteiger partial charge in [0.15, 0.2) is 15.5 Å². The van der Waals surface area contributed by atoms with Gasteiger partial charge in [-0.1, -0.05) is 31.4 Å². The number of nitrogens with zero attached hydrogens (tertiary/aromatic N) is 3. The van der Waals surface area contributed by atoms with E-state index in [1.165, 1.54) is 16.9 Å². The van der Waals surface area contributed by atoms with E-state index in [-0.39, 0.29) is 10.6 Å². The number of aromatic nitrogens is 3. The monoisotopic (exact) mass is 287 g/mol. The lowest BCUT2D eigenvalue weighted by Crippen LogP contribution is -2.07. The van der Waals surface area contributed by atoms with Gasteiger partial charge >= 0.3 is 0 Å². The third-order valence-electron chi connectivity index (χ3n) is 2.67. The van der Waals surface area contributed by atoms with Crippen LogP contribution in [0.5, 0.6) is 0 Å². The van der Waals surface area contributed by atoms with Gasteiger partial charge in [-0.05, 0) is 12.5 Å². The molecule has 5 nitrogen and oxygen atoms in total. The van der Waals surface area contributed by atoms with Gasteiger partial charge in [0.1, 0.15) is 10.0 Å². The molecule has 0 fully saturated rings. The molecule has 0 N–H and O–H groups in total. The molecule has 98 valence electrons. The Morgan fingerprint density at radius 1 is 1.39 bits per heavy atom. The Labute approximate surface area is 111 Å². The van der Waals surface area contributed by atoms with Crippen LogP contribution >= 0.6 is 11.6 Å². The first kappa shape index (κ1) is 13.3. The average Bonchev–Trinajstić information content (AvgIpc) is 2.75. The van der Waals surface area contributed by atoms with E-state index >= 15 is 0 Å². The van der Waals surface area contributed by atoms with Crippen LogP contribution in [0, 0.1) is 0 Å². The van der Waals surface area contributed by atoms with E-state index in [2.05, 4.69) is 10.1 Å². The van der Waals surface area contributed by atoms with Gasteiger partial charge in [-0.2, -0.15) is 5.10 Å². The number of hydrogen-bond acceptors (Lipinski definition) is 4. The van der Waals surface area contributed by atoms with Crippen molar-refractivity contribution < 1.29 is 8.42 Å². The molecule has 2 heterocycles. The van der Waals surface area contributed by atoms with Gasteiger partial charge in [0.25, 0.3) is 0 Å². The van der Waals surface area contributed by atoms with E-state index in [1.54, 1.807) is 6.07 Å². The van der Waals surface area contributed by atoms with Crippen LogP contribution in [0.15, 0.2) is 23.4 Å². The molecule has 2 aromatic heterocycles. The van der Waals surface area contributed by atoms with Gasteiger partial charge < -0.3 is 0 Å². The quantitative estimate of drug-likeness (QED) is 0.625. The Morgan fingerprint density at radius 3 is 2.89 bits per heavy atom. The largest absolute Gasteiger partial charge is 0.236 e. The standard InChI is InChI=1S/C11H14ClN3O2S/c1-2-3-4-7-18(16,17)9-8-14-15-10(12)5-6-13-11(9)15/h5-6,8H,2-4,7H2,1H3. The van der Waals surface area contributed by atoms with Gasteiger partial charge in [0.05, 0.1) is 11.9 Å². The second kappa shape index (κ2) is 5.24. The first-order valence-corrected chi connectivity index (χ1v) is 7.80. The van der Waals surface area contributed by atoms with Gasteiger partial charge in [-0.15, -0.1) is 0 Å². The molecule has 2 rings (SSSR count). The van der Waals surface area contributed by atoms with Crippen LogP contribution in [-0.2, 0) is 9.84 Å². The fraction of sp³-hybridized carbons (Fsp3) is 0.455. The fourth-order valence-electron chi connectivity index (χ4n) is 1.71. The lowest BCUT2D eigenvalue weighted by molar-refractivity contribution is 0.591. The van der Waals surface area contributed by atoms with Crippen LogP contribution in [0.25, 0.3) is 5.65 Å². The third-order valence-corrected chi connectivity index (χ3v) is 4.74. The van der Waals surface area contributed by atoms with E-state index in [4.69, 9.17) is 11.6 Å². The Balaban J connectivity index is 2.39. The summed E-state index contributed by atoms with van der Waals surface area (Å²) in [6.45, 7) is 2.03. The average molecular weight is 288 g/mol. The maximum Gasteiger partial charge on any atom is 0.183 e. The number of fused-ring (bicyclic) bond motifs is 1. The van der Waals surface area contributed by atoms with E-state index in [0.717, 1.165) is 12.8 Å². The Kier molecular flexibility index (Phi) is 3.87. The van der Waals surface area contributed by atoms with Crippen LogP contribution in [0.2, 0.25) is 5.15 Å².